The van der Waals surface area contributed by atoms with Crippen molar-refractivity contribution in [3.63, 3.8) is 0 Å². The highest BCUT2D eigenvalue weighted by Crippen LogP contribution is 2.29. The van der Waals surface area contributed by atoms with Crippen LogP contribution in [0.2, 0.25) is 0 Å². The van der Waals surface area contributed by atoms with Crippen LogP contribution in [0.1, 0.15) is 43.2 Å². The maximum absolute atomic E-state index is 12.1. The lowest BCUT2D eigenvalue weighted by Gasteiger charge is -2.32. The van der Waals surface area contributed by atoms with Gasteiger partial charge in [0.1, 0.15) is 0 Å². The first kappa shape index (κ1) is 14.6. The third kappa shape index (κ3) is 4.31. The van der Waals surface area contributed by atoms with Gasteiger partial charge >= 0.3 is 0 Å². The van der Waals surface area contributed by atoms with E-state index in [-0.39, 0.29) is 5.91 Å². The van der Waals surface area contributed by atoms with Crippen molar-refractivity contribution in [2.24, 2.45) is 0 Å². The topological polar surface area (TPSA) is 32.3 Å². The van der Waals surface area contributed by atoms with Gasteiger partial charge in [0.05, 0.1) is 0 Å². The summed E-state index contributed by atoms with van der Waals surface area (Å²) in [5.41, 5.74) is 2.52. The average Bonchev–Trinajstić information content (AvgIpc) is 3.31. The standard InChI is InChI=1S/C18H26N2O/c1-14-3-2-4-15(13-14)5-8-18(21)19-16-9-11-20(12-10-16)17-6-7-17/h2-4,13,16-17H,5-12H2,1H3,(H,19,21). The summed E-state index contributed by atoms with van der Waals surface area (Å²) in [7, 11) is 0. The zero-order valence-electron chi connectivity index (χ0n) is 13.0. The number of hydrogen-bond donors (Lipinski definition) is 1. The Labute approximate surface area is 127 Å². The van der Waals surface area contributed by atoms with Gasteiger partial charge in [0.25, 0.3) is 0 Å². The summed E-state index contributed by atoms with van der Waals surface area (Å²) < 4.78 is 0. The second-order valence-electron chi connectivity index (χ2n) is 6.60. The summed E-state index contributed by atoms with van der Waals surface area (Å²) in [5.74, 6) is 0.210. The summed E-state index contributed by atoms with van der Waals surface area (Å²) >= 11 is 0. The number of aryl methyl sites for hydroxylation is 2. The largest absolute Gasteiger partial charge is 0.353 e. The molecule has 3 rings (SSSR count). The number of benzene rings is 1. The molecule has 1 aromatic carbocycles. The van der Waals surface area contributed by atoms with Crippen LogP contribution in [-0.4, -0.2) is 36.0 Å². The zero-order valence-corrected chi connectivity index (χ0v) is 13.0. The van der Waals surface area contributed by atoms with Gasteiger partial charge in [-0.1, -0.05) is 29.8 Å². The van der Waals surface area contributed by atoms with Crippen LogP contribution in [0.25, 0.3) is 0 Å². The summed E-state index contributed by atoms with van der Waals surface area (Å²) in [6, 6.07) is 9.69. The molecule has 0 radical (unpaired) electrons. The first-order valence-corrected chi connectivity index (χ1v) is 8.29. The molecule has 3 heteroatoms. The van der Waals surface area contributed by atoms with Gasteiger partial charge in [0.15, 0.2) is 0 Å². The maximum atomic E-state index is 12.1. The molecule has 1 saturated carbocycles. The number of piperidine rings is 1. The summed E-state index contributed by atoms with van der Waals surface area (Å²) in [6.07, 6.45) is 6.45. The normalized spacial score (nSPS) is 20.4. The fourth-order valence-corrected chi connectivity index (χ4v) is 3.27. The van der Waals surface area contributed by atoms with Gasteiger partial charge in [0.2, 0.25) is 5.91 Å². The van der Waals surface area contributed by atoms with Crippen molar-refractivity contribution in [2.45, 2.75) is 57.5 Å². The van der Waals surface area contributed by atoms with Gasteiger partial charge in [-0.3, -0.25) is 4.79 Å². The monoisotopic (exact) mass is 286 g/mol. The van der Waals surface area contributed by atoms with Crippen molar-refractivity contribution in [3.8, 4) is 0 Å². The Balaban J connectivity index is 1.38. The fourth-order valence-electron chi connectivity index (χ4n) is 3.27. The first-order valence-electron chi connectivity index (χ1n) is 8.29. The van der Waals surface area contributed by atoms with Crippen LogP contribution in [0, 0.1) is 6.92 Å². The second-order valence-corrected chi connectivity index (χ2v) is 6.60. The molecule has 114 valence electrons. The van der Waals surface area contributed by atoms with E-state index in [1.54, 1.807) is 0 Å². The van der Waals surface area contributed by atoms with Crippen LogP contribution in [0.15, 0.2) is 24.3 Å². The Kier molecular flexibility index (Phi) is 4.59. The number of nitrogens with one attached hydrogen (secondary N) is 1. The predicted molar refractivity (Wildman–Crippen MR) is 85.3 cm³/mol. The van der Waals surface area contributed by atoms with Crippen LogP contribution < -0.4 is 5.32 Å². The minimum absolute atomic E-state index is 0.210. The third-order valence-corrected chi connectivity index (χ3v) is 4.68. The summed E-state index contributed by atoms with van der Waals surface area (Å²) in [4.78, 5) is 14.7. The van der Waals surface area contributed by atoms with E-state index in [4.69, 9.17) is 0 Å². The van der Waals surface area contributed by atoms with Crippen molar-refractivity contribution in [1.29, 1.82) is 0 Å². The zero-order chi connectivity index (χ0) is 14.7. The molecule has 1 aliphatic carbocycles. The highest BCUT2D eigenvalue weighted by atomic mass is 16.1. The van der Waals surface area contributed by atoms with Crippen molar-refractivity contribution < 1.29 is 4.79 Å². The van der Waals surface area contributed by atoms with Crippen LogP contribution in [0.5, 0.6) is 0 Å². The van der Waals surface area contributed by atoms with Gasteiger partial charge in [-0.05, 0) is 44.6 Å². The van der Waals surface area contributed by atoms with E-state index in [0.29, 0.717) is 12.5 Å². The quantitative estimate of drug-likeness (QED) is 0.902. The molecular formula is C18H26N2O. The first-order chi connectivity index (χ1) is 10.2. The van der Waals surface area contributed by atoms with E-state index in [0.717, 1.165) is 38.4 Å². The van der Waals surface area contributed by atoms with Crippen LogP contribution in [0.3, 0.4) is 0 Å². The number of amides is 1. The Bertz CT molecular complexity index is 488. The fraction of sp³-hybridized carbons (Fsp3) is 0.611. The average molecular weight is 286 g/mol. The molecule has 1 saturated heterocycles. The van der Waals surface area contributed by atoms with Crippen molar-refractivity contribution in [2.75, 3.05) is 13.1 Å². The van der Waals surface area contributed by atoms with Crippen LogP contribution >= 0.6 is 0 Å². The predicted octanol–water partition coefficient (Wildman–Crippen LogP) is 2.67. The highest BCUT2D eigenvalue weighted by Gasteiger charge is 2.31. The Morgan fingerprint density at radius 3 is 2.67 bits per heavy atom. The summed E-state index contributed by atoms with van der Waals surface area (Å²) in [5, 5.41) is 3.22. The Morgan fingerprint density at radius 2 is 2.00 bits per heavy atom. The molecule has 2 aliphatic rings. The Hall–Kier alpha value is -1.35. The van der Waals surface area contributed by atoms with Crippen molar-refractivity contribution >= 4 is 5.91 Å². The Morgan fingerprint density at radius 1 is 1.24 bits per heavy atom. The molecule has 3 nitrogen and oxygen atoms in total. The van der Waals surface area contributed by atoms with Gasteiger partial charge in [-0.2, -0.15) is 0 Å². The van der Waals surface area contributed by atoms with E-state index < -0.39 is 0 Å². The van der Waals surface area contributed by atoms with Gasteiger partial charge < -0.3 is 10.2 Å². The SMILES string of the molecule is Cc1cccc(CCC(=O)NC2CCN(C3CC3)CC2)c1. The second kappa shape index (κ2) is 6.61. The molecular weight excluding hydrogens is 260 g/mol. The lowest BCUT2D eigenvalue weighted by Crippen LogP contribution is -2.45. The smallest absolute Gasteiger partial charge is 0.220 e. The molecule has 0 atom stereocenters. The molecule has 0 bridgehead atoms. The molecule has 1 N–H and O–H groups in total. The number of hydrogen-bond acceptors (Lipinski definition) is 2. The van der Waals surface area contributed by atoms with Crippen LogP contribution in [-0.2, 0) is 11.2 Å². The molecule has 1 heterocycles. The van der Waals surface area contributed by atoms with E-state index in [9.17, 15) is 4.79 Å². The number of rotatable bonds is 5. The molecule has 0 spiro atoms. The van der Waals surface area contributed by atoms with E-state index in [2.05, 4.69) is 41.4 Å². The van der Waals surface area contributed by atoms with E-state index >= 15 is 0 Å². The molecule has 0 unspecified atom stereocenters. The molecule has 21 heavy (non-hydrogen) atoms. The minimum Gasteiger partial charge on any atom is -0.353 e. The van der Waals surface area contributed by atoms with Crippen molar-refractivity contribution in [3.05, 3.63) is 35.4 Å². The van der Waals surface area contributed by atoms with Gasteiger partial charge in [0, 0.05) is 31.6 Å². The van der Waals surface area contributed by atoms with E-state index in [1.807, 2.05) is 0 Å². The minimum atomic E-state index is 0.210. The number of carbonyl (C=O) groups excluding carboxylic acids is 1. The molecule has 1 aliphatic heterocycles. The van der Waals surface area contributed by atoms with Gasteiger partial charge in [-0.15, -0.1) is 0 Å². The summed E-state index contributed by atoms with van der Waals surface area (Å²) in [6.45, 7) is 4.41. The number of likely N-dealkylation sites (tertiary alicyclic amines) is 1. The number of nitrogens with zero attached hydrogens (tertiary/aromatic N) is 1. The third-order valence-electron chi connectivity index (χ3n) is 4.68. The highest BCUT2D eigenvalue weighted by molar-refractivity contribution is 5.76. The molecule has 1 aromatic rings. The maximum Gasteiger partial charge on any atom is 0.220 e. The molecule has 0 aromatic heterocycles. The molecule has 2 fully saturated rings. The number of carbonyl (C=O) groups is 1. The lowest BCUT2D eigenvalue weighted by atomic mass is 10.0. The van der Waals surface area contributed by atoms with Crippen LogP contribution in [0.4, 0.5) is 0 Å². The molecule has 1 amide bonds. The van der Waals surface area contributed by atoms with E-state index in [1.165, 1.54) is 24.0 Å². The van der Waals surface area contributed by atoms with Crippen molar-refractivity contribution in [1.82, 2.24) is 10.2 Å². The van der Waals surface area contributed by atoms with Gasteiger partial charge in [-0.25, -0.2) is 0 Å². The lowest BCUT2D eigenvalue weighted by molar-refractivity contribution is -0.122.